The Bertz CT molecular complexity index is 890. The lowest BCUT2D eigenvalue weighted by Gasteiger charge is -2.18. The molecule has 0 atom stereocenters. The van der Waals surface area contributed by atoms with Crippen LogP contribution in [0.2, 0.25) is 0 Å². The summed E-state index contributed by atoms with van der Waals surface area (Å²) in [5.41, 5.74) is 1.07. The number of hydrogen-bond donors (Lipinski definition) is 0. The summed E-state index contributed by atoms with van der Waals surface area (Å²) in [6.07, 6.45) is 0. The van der Waals surface area contributed by atoms with Crippen LogP contribution in [0.5, 0.6) is 28.7 Å². The van der Waals surface area contributed by atoms with Gasteiger partial charge in [0, 0.05) is 17.5 Å². The summed E-state index contributed by atoms with van der Waals surface area (Å²) >= 11 is 0. The number of hydrogen-bond acceptors (Lipinski definition) is 5. The summed E-state index contributed by atoms with van der Waals surface area (Å²) in [6.45, 7) is 0.431. The van der Waals surface area contributed by atoms with Gasteiger partial charge < -0.3 is 23.7 Å². The summed E-state index contributed by atoms with van der Waals surface area (Å²) in [6, 6.07) is 15.5. The van der Waals surface area contributed by atoms with Gasteiger partial charge in [0.05, 0.1) is 33.8 Å². The molecular formula is C21H22O5. The first-order chi connectivity index (χ1) is 12.7. The van der Waals surface area contributed by atoms with E-state index < -0.39 is 0 Å². The predicted octanol–water partition coefficient (Wildman–Crippen LogP) is 4.45. The van der Waals surface area contributed by atoms with Crippen LogP contribution in [0.25, 0.3) is 10.8 Å². The average Bonchev–Trinajstić information content (AvgIpc) is 2.70. The van der Waals surface area contributed by atoms with Crippen molar-refractivity contribution in [1.82, 2.24) is 0 Å². The monoisotopic (exact) mass is 354 g/mol. The molecule has 0 amide bonds. The van der Waals surface area contributed by atoms with Gasteiger partial charge in [-0.1, -0.05) is 30.3 Å². The largest absolute Gasteiger partial charge is 0.497 e. The Kier molecular flexibility index (Phi) is 5.37. The fourth-order valence-corrected chi connectivity index (χ4v) is 2.90. The first kappa shape index (κ1) is 17.7. The fraction of sp³-hybridized carbons (Fsp3) is 0.238. The van der Waals surface area contributed by atoms with Crippen LogP contribution in [-0.4, -0.2) is 28.4 Å². The lowest BCUT2D eigenvalue weighted by Crippen LogP contribution is -2.00. The smallest absolute Gasteiger partial charge is 0.169 e. The highest BCUT2D eigenvalue weighted by atomic mass is 16.5. The molecule has 0 aliphatic carbocycles. The van der Waals surface area contributed by atoms with Crippen molar-refractivity contribution in [1.29, 1.82) is 0 Å². The third-order valence-corrected chi connectivity index (χ3v) is 4.17. The molecule has 0 aliphatic heterocycles. The number of rotatable bonds is 7. The first-order valence-corrected chi connectivity index (χ1v) is 8.19. The average molecular weight is 354 g/mol. The van der Waals surface area contributed by atoms with Crippen molar-refractivity contribution in [3.8, 4) is 28.7 Å². The molecular weight excluding hydrogens is 332 g/mol. The summed E-state index contributed by atoms with van der Waals surface area (Å²) in [5.74, 6) is 3.14. The van der Waals surface area contributed by atoms with Gasteiger partial charge in [0.1, 0.15) is 23.9 Å². The number of ether oxygens (including phenoxy) is 5. The van der Waals surface area contributed by atoms with Crippen LogP contribution in [0.1, 0.15) is 5.56 Å². The van der Waals surface area contributed by atoms with E-state index in [0.717, 1.165) is 16.3 Å². The number of methoxy groups -OCH3 is 4. The topological polar surface area (TPSA) is 46.2 Å². The van der Waals surface area contributed by atoms with E-state index in [1.54, 1.807) is 34.5 Å². The van der Waals surface area contributed by atoms with E-state index in [2.05, 4.69) is 0 Å². The van der Waals surface area contributed by atoms with Gasteiger partial charge in [-0.3, -0.25) is 0 Å². The van der Waals surface area contributed by atoms with Crippen molar-refractivity contribution >= 4 is 10.8 Å². The van der Waals surface area contributed by atoms with Crippen LogP contribution in [0, 0.1) is 0 Å². The molecule has 3 rings (SSSR count). The van der Waals surface area contributed by atoms with E-state index in [1.807, 2.05) is 42.5 Å². The maximum Gasteiger partial charge on any atom is 0.169 e. The number of fused-ring (bicyclic) bond motifs is 1. The van der Waals surface area contributed by atoms with E-state index in [4.69, 9.17) is 23.7 Å². The first-order valence-electron chi connectivity index (χ1n) is 8.19. The lowest BCUT2D eigenvalue weighted by atomic mass is 10.1. The molecule has 136 valence electrons. The lowest BCUT2D eigenvalue weighted by molar-refractivity contribution is 0.305. The Morgan fingerprint density at radius 2 is 1.42 bits per heavy atom. The van der Waals surface area contributed by atoms with Crippen LogP contribution in [0.15, 0.2) is 48.5 Å². The summed E-state index contributed by atoms with van der Waals surface area (Å²) < 4.78 is 28.1. The molecule has 0 saturated heterocycles. The molecule has 5 nitrogen and oxygen atoms in total. The Hall–Kier alpha value is -3.08. The van der Waals surface area contributed by atoms with Crippen LogP contribution < -0.4 is 23.7 Å². The normalized spacial score (nSPS) is 10.5. The molecule has 0 heterocycles. The van der Waals surface area contributed by atoms with Crippen molar-refractivity contribution in [2.45, 2.75) is 6.61 Å². The third-order valence-electron chi connectivity index (χ3n) is 4.17. The van der Waals surface area contributed by atoms with Crippen LogP contribution in [0.3, 0.4) is 0 Å². The zero-order valence-corrected chi connectivity index (χ0v) is 15.4. The zero-order valence-electron chi connectivity index (χ0n) is 15.4. The van der Waals surface area contributed by atoms with Gasteiger partial charge in [0.15, 0.2) is 11.5 Å². The molecule has 5 heteroatoms. The van der Waals surface area contributed by atoms with Crippen LogP contribution >= 0.6 is 0 Å². The summed E-state index contributed by atoms with van der Waals surface area (Å²) in [5, 5.41) is 1.60. The van der Waals surface area contributed by atoms with Crippen LogP contribution in [0.4, 0.5) is 0 Å². The van der Waals surface area contributed by atoms with E-state index in [1.165, 1.54) is 0 Å². The SMILES string of the molecule is COc1cc(OCc2ccccc2)c2c(OC)cc(OC)c(OC)c2c1. The Labute approximate surface area is 153 Å². The second kappa shape index (κ2) is 7.87. The minimum atomic E-state index is 0.431. The predicted molar refractivity (Wildman–Crippen MR) is 101 cm³/mol. The van der Waals surface area contributed by atoms with E-state index >= 15 is 0 Å². The molecule has 0 saturated carbocycles. The maximum atomic E-state index is 6.11. The Morgan fingerprint density at radius 3 is 2.04 bits per heavy atom. The van der Waals surface area contributed by atoms with Gasteiger partial charge in [-0.25, -0.2) is 0 Å². The fourth-order valence-electron chi connectivity index (χ4n) is 2.90. The van der Waals surface area contributed by atoms with E-state index in [-0.39, 0.29) is 0 Å². The third kappa shape index (κ3) is 3.33. The molecule has 0 bridgehead atoms. The highest BCUT2D eigenvalue weighted by molar-refractivity contribution is 6.01. The Balaban J connectivity index is 2.17. The van der Waals surface area contributed by atoms with Crippen molar-refractivity contribution in [3.05, 3.63) is 54.1 Å². The molecule has 0 unspecified atom stereocenters. The summed E-state index contributed by atoms with van der Waals surface area (Å²) in [7, 11) is 6.43. The van der Waals surface area contributed by atoms with Gasteiger partial charge in [0.2, 0.25) is 0 Å². The quantitative estimate of drug-likeness (QED) is 0.627. The zero-order chi connectivity index (χ0) is 18.5. The number of benzene rings is 3. The van der Waals surface area contributed by atoms with Crippen molar-refractivity contribution < 1.29 is 23.7 Å². The highest BCUT2D eigenvalue weighted by Gasteiger charge is 2.19. The van der Waals surface area contributed by atoms with E-state index in [9.17, 15) is 0 Å². The van der Waals surface area contributed by atoms with Crippen molar-refractivity contribution in [2.75, 3.05) is 28.4 Å². The standard InChI is InChI=1S/C21H22O5/c1-22-15-10-16-20(17(23-2)12-19(24-3)21(16)25-4)18(11-15)26-13-14-8-6-5-7-9-14/h5-12H,13H2,1-4H3. The maximum absolute atomic E-state index is 6.11. The minimum Gasteiger partial charge on any atom is -0.497 e. The molecule has 3 aromatic carbocycles. The molecule has 3 aromatic rings. The molecule has 0 radical (unpaired) electrons. The molecule has 0 aromatic heterocycles. The van der Waals surface area contributed by atoms with Gasteiger partial charge in [-0.15, -0.1) is 0 Å². The molecule has 26 heavy (non-hydrogen) atoms. The molecule has 0 spiro atoms. The van der Waals surface area contributed by atoms with Gasteiger partial charge in [0.25, 0.3) is 0 Å². The second-order valence-corrected chi connectivity index (χ2v) is 5.64. The van der Waals surface area contributed by atoms with Crippen molar-refractivity contribution in [3.63, 3.8) is 0 Å². The molecule has 0 N–H and O–H groups in total. The molecule has 0 aliphatic rings. The minimum absolute atomic E-state index is 0.431. The van der Waals surface area contributed by atoms with Gasteiger partial charge >= 0.3 is 0 Å². The van der Waals surface area contributed by atoms with E-state index in [0.29, 0.717) is 35.4 Å². The Morgan fingerprint density at radius 1 is 0.692 bits per heavy atom. The highest BCUT2D eigenvalue weighted by Crippen LogP contribution is 2.47. The van der Waals surface area contributed by atoms with Crippen LogP contribution in [-0.2, 0) is 6.61 Å². The van der Waals surface area contributed by atoms with Crippen molar-refractivity contribution in [2.24, 2.45) is 0 Å². The summed E-state index contributed by atoms with van der Waals surface area (Å²) in [4.78, 5) is 0. The second-order valence-electron chi connectivity index (χ2n) is 5.64. The van der Waals surface area contributed by atoms with Gasteiger partial charge in [-0.05, 0) is 11.6 Å². The van der Waals surface area contributed by atoms with Gasteiger partial charge in [-0.2, -0.15) is 0 Å². The molecule has 0 fully saturated rings.